The molecule has 6 nitrogen and oxygen atoms in total. The molecule has 0 amide bonds. The SMILES string of the molecule is C=CCOc1ccc(C=C(Oc2c(OC)cccc2OC)C(=O)O)cc1. The summed E-state index contributed by atoms with van der Waals surface area (Å²) < 4.78 is 21.4. The Kier molecular flexibility index (Phi) is 6.68. The molecule has 0 aliphatic rings. The van der Waals surface area contributed by atoms with Crippen molar-refractivity contribution in [2.24, 2.45) is 0 Å². The lowest BCUT2D eigenvalue weighted by Gasteiger charge is -2.14. The first-order chi connectivity index (χ1) is 12.6. The van der Waals surface area contributed by atoms with Gasteiger partial charge in [-0.15, -0.1) is 0 Å². The molecule has 0 heterocycles. The maximum Gasteiger partial charge on any atom is 0.371 e. The molecule has 0 saturated carbocycles. The van der Waals surface area contributed by atoms with E-state index in [1.807, 2.05) is 0 Å². The summed E-state index contributed by atoms with van der Waals surface area (Å²) in [5.74, 6) is 0.0928. The molecule has 2 rings (SSSR count). The molecule has 0 aliphatic carbocycles. The number of methoxy groups -OCH3 is 2. The minimum atomic E-state index is -1.22. The molecule has 0 aromatic heterocycles. The highest BCUT2D eigenvalue weighted by Gasteiger charge is 2.18. The van der Waals surface area contributed by atoms with Crippen LogP contribution in [0.5, 0.6) is 23.0 Å². The van der Waals surface area contributed by atoms with E-state index in [1.54, 1.807) is 48.5 Å². The van der Waals surface area contributed by atoms with Gasteiger partial charge in [-0.3, -0.25) is 0 Å². The third-order valence-corrected chi connectivity index (χ3v) is 3.35. The highest BCUT2D eigenvalue weighted by Crippen LogP contribution is 2.38. The van der Waals surface area contributed by atoms with E-state index in [2.05, 4.69) is 6.58 Å². The number of carbonyl (C=O) groups is 1. The zero-order valence-corrected chi connectivity index (χ0v) is 14.6. The van der Waals surface area contributed by atoms with E-state index in [-0.39, 0.29) is 11.5 Å². The van der Waals surface area contributed by atoms with E-state index in [0.717, 1.165) is 0 Å². The molecule has 136 valence electrons. The minimum absolute atomic E-state index is 0.192. The zero-order valence-electron chi connectivity index (χ0n) is 14.6. The van der Waals surface area contributed by atoms with E-state index in [4.69, 9.17) is 18.9 Å². The Morgan fingerprint density at radius 1 is 1.08 bits per heavy atom. The Bertz CT molecular complexity index is 770. The van der Waals surface area contributed by atoms with Gasteiger partial charge in [-0.05, 0) is 35.9 Å². The summed E-state index contributed by atoms with van der Waals surface area (Å²) >= 11 is 0. The predicted molar refractivity (Wildman–Crippen MR) is 97.9 cm³/mol. The van der Waals surface area contributed by atoms with Crippen LogP contribution in [0.15, 0.2) is 60.9 Å². The molecule has 6 heteroatoms. The van der Waals surface area contributed by atoms with Crippen molar-refractivity contribution in [3.63, 3.8) is 0 Å². The number of ether oxygens (including phenoxy) is 4. The van der Waals surface area contributed by atoms with Gasteiger partial charge in [-0.2, -0.15) is 0 Å². The summed E-state index contributed by atoms with van der Waals surface area (Å²) in [5, 5.41) is 9.48. The summed E-state index contributed by atoms with van der Waals surface area (Å²) in [6.45, 7) is 3.98. The van der Waals surface area contributed by atoms with Crippen molar-refractivity contribution in [2.45, 2.75) is 0 Å². The van der Waals surface area contributed by atoms with Crippen molar-refractivity contribution in [2.75, 3.05) is 20.8 Å². The molecule has 0 radical (unpaired) electrons. The Labute approximate surface area is 151 Å². The van der Waals surface area contributed by atoms with Crippen molar-refractivity contribution < 1.29 is 28.8 Å². The van der Waals surface area contributed by atoms with Gasteiger partial charge in [0.15, 0.2) is 11.5 Å². The van der Waals surface area contributed by atoms with Crippen LogP contribution < -0.4 is 18.9 Å². The van der Waals surface area contributed by atoms with Gasteiger partial charge in [-0.25, -0.2) is 4.79 Å². The van der Waals surface area contributed by atoms with E-state index in [9.17, 15) is 9.90 Å². The summed E-state index contributed by atoms with van der Waals surface area (Å²) in [5.41, 5.74) is 0.641. The van der Waals surface area contributed by atoms with Gasteiger partial charge >= 0.3 is 5.97 Å². The minimum Gasteiger partial charge on any atom is -0.493 e. The fourth-order valence-corrected chi connectivity index (χ4v) is 2.13. The van der Waals surface area contributed by atoms with Gasteiger partial charge in [0.1, 0.15) is 12.4 Å². The van der Waals surface area contributed by atoms with Gasteiger partial charge in [0, 0.05) is 0 Å². The van der Waals surface area contributed by atoms with E-state index in [0.29, 0.717) is 29.4 Å². The normalized spacial score (nSPS) is 10.8. The summed E-state index contributed by atoms with van der Waals surface area (Å²) in [6, 6.07) is 12.0. The average Bonchev–Trinajstić information content (AvgIpc) is 2.66. The number of aliphatic carboxylic acids is 1. The fourth-order valence-electron chi connectivity index (χ4n) is 2.13. The van der Waals surface area contributed by atoms with Gasteiger partial charge in [-0.1, -0.05) is 30.9 Å². The van der Waals surface area contributed by atoms with Gasteiger partial charge < -0.3 is 24.1 Å². The molecular formula is C20H20O6. The summed E-state index contributed by atoms with van der Waals surface area (Å²) in [7, 11) is 2.93. The first kappa shape index (κ1) is 18.9. The molecule has 26 heavy (non-hydrogen) atoms. The predicted octanol–water partition coefficient (Wildman–Crippen LogP) is 3.77. The Hall–Kier alpha value is -3.41. The topological polar surface area (TPSA) is 74.2 Å². The molecule has 0 saturated heterocycles. The number of carboxylic acid groups (broad SMARTS) is 1. The molecule has 0 unspecified atom stereocenters. The fraction of sp³-hybridized carbons (Fsp3) is 0.150. The Balaban J connectivity index is 2.31. The lowest BCUT2D eigenvalue weighted by molar-refractivity contribution is -0.134. The van der Waals surface area contributed by atoms with Crippen LogP contribution in [0.1, 0.15) is 5.56 Å². The maximum atomic E-state index is 11.6. The van der Waals surface area contributed by atoms with Crippen molar-refractivity contribution in [1.82, 2.24) is 0 Å². The zero-order chi connectivity index (χ0) is 18.9. The van der Waals surface area contributed by atoms with E-state index in [1.165, 1.54) is 20.3 Å². The van der Waals surface area contributed by atoms with Crippen molar-refractivity contribution in [1.29, 1.82) is 0 Å². The van der Waals surface area contributed by atoms with Crippen LogP contribution in [0.2, 0.25) is 0 Å². The molecular weight excluding hydrogens is 336 g/mol. The first-order valence-corrected chi connectivity index (χ1v) is 7.76. The molecule has 1 N–H and O–H groups in total. The molecule has 0 fully saturated rings. The van der Waals surface area contributed by atoms with Crippen molar-refractivity contribution >= 4 is 12.0 Å². The molecule has 0 spiro atoms. The monoisotopic (exact) mass is 356 g/mol. The highest BCUT2D eigenvalue weighted by molar-refractivity contribution is 5.90. The van der Waals surface area contributed by atoms with Gasteiger partial charge in [0.05, 0.1) is 14.2 Å². The number of para-hydroxylation sites is 1. The van der Waals surface area contributed by atoms with Crippen LogP contribution in [0.25, 0.3) is 6.08 Å². The maximum absolute atomic E-state index is 11.6. The Morgan fingerprint density at radius 3 is 2.19 bits per heavy atom. The highest BCUT2D eigenvalue weighted by atomic mass is 16.6. The standard InChI is InChI=1S/C20H20O6/c1-4-12-25-15-10-8-14(9-11-15)13-18(20(21)22)26-19-16(23-2)6-5-7-17(19)24-3/h4-11,13H,1,12H2,2-3H3,(H,21,22). The second kappa shape index (κ2) is 9.17. The summed E-state index contributed by atoms with van der Waals surface area (Å²) in [6.07, 6.45) is 3.05. The number of carboxylic acids is 1. The molecule has 0 aliphatic heterocycles. The van der Waals surface area contributed by atoms with Crippen LogP contribution in [0, 0.1) is 0 Å². The van der Waals surface area contributed by atoms with E-state index < -0.39 is 5.97 Å². The number of rotatable bonds is 9. The molecule has 0 bridgehead atoms. The largest absolute Gasteiger partial charge is 0.493 e. The van der Waals surface area contributed by atoms with Crippen LogP contribution in [-0.4, -0.2) is 31.9 Å². The second-order valence-corrected chi connectivity index (χ2v) is 5.08. The van der Waals surface area contributed by atoms with Crippen molar-refractivity contribution in [3.8, 4) is 23.0 Å². The number of hydrogen-bond donors (Lipinski definition) is 1. The number of hydrogen-bond acceptors (Lipinski definition) is 5. The first-order valence-electron chi connectivity index (χ1n) is 7.76. The van der Waals surface area contributed by atoms with Crippen LogP contribution in [0.4, 0.5) is 0 Å². The van der Waals surface area contributed by atoms with Crippen LogP contribution >= 0.6 is 0 Å². The average molecular weight is 356 g/mol. The molecule has 2 aromatic carbocycles. The third kappa shape index (κ3) is 4.80. The van der Waals surface area contributed by atoms with Crippen molar-refractivity contribution in [3.05, 3.63) is 66.4 Å². The number of benzene rings is 2. The molecule has 2 aromatic rings. The van der Waals surface area contributed by atoms with Gasteiger partial charge in [0.2, 0.25) is 11.5 Å². The van der Waals surface area contributed by atoms with E-state index >= 15 is 0 Å². The van der Waals surface area contributed by atoms with Gasteiger partial charge in [0.25, 0.3) is 0 Å². The lowest BCUT2D eigenvalue weighted by Crippen LogP contribution is -2.09. The Morgan fingerprint density at radius 2 is 1.69 bits per heavy atom. The van der Waals surface area contributed by atoms with Crippen LogP contribution in [0.3, 0.4) is 0 Å². The second-order valence-electron chi connectivity index (χ2n) is 5.08. The lowest BCUT2D eigenvalue weighted by atomic mass is 10.2. The quantitative estimate of drug-likeness (QED) is 0.419. The van der Waals surface area contributed by atoms with Crippen LogP contribution in [-0.2, 0) is 4.79 Å². The summed E-state index contributed by atoms with van der Waals surface area (Å²) in [4.78, 5) is 11.6. The molecule has 0 atom stereocenters. The smallest absolute Gasteiger partial charge is 0.371 e. The third-order valence-electron chi connectivity index (χ3n) is 3.35.